The molecule has 4 nitrogen and oxygen atoms in total. The molecule has 2 heterocycles. The summed E-state index contributed by atoms with van der Waals surface area (Å²) in [6.07, 6.45) is 1.46. The molecule has 2 saturated heterocycles. The quantitative estimate of drug-likeness (QED) is 0.800. The van der Waals surface area contributed by atoms with Gasteiger partial charge in [0, 0.05) is 44.1 Å². The zero-order valence-corrected chi connectivity index (χ0v) is 16.7. The number of carbonyl (C=O) groups is 1. The molecule has 0 aromatic heterocycles. The van der Waals surface area contributed by atoms with Crippen LogP contribution in [0.3, 0.4) is 0 Å². The molecule has 1 atom stereocenters. The molecule has 148 valence electrons. The summed E-state index contributed by atoms with van der Waals surface area (Å²) in [7, 11) is 0. The van der Waals surface area contributed by atoms with Crippen LogP contribution < -0.4 is 0 Å². The molecule has 2 aliphatic rings. The van der Waals surface area contributed by atoms with E-state index in [0.29, 0.717) is 12.5 Å². The van der Waals surface area contributed by atoms with Gasteiger partial charge in [0.05, 0.1) is 13.2 Å². The van der Waals surface area contributed by atoms with Crippen molar-refractivity contribution in [2.45, 2.75) is 31.2 Å². The van der Waals surface area contributed by atoms with Crippen molar-refractivity contribution in [3.63, 3.8) is 0 Å². The van der Waals surface area contributed by atoms with E-state index in [1.165, 1.54) is 11.1 Å². The van der Waals surface area contributed by atoms with Crippen LogP contribution in [-0.4, -0.2) is 61.1 Å². The molecule has 0 aliphatic carbocycles. The number of benzene rings is 2. The predicted molar refractivity (Wildman–Crippen MR) is 111 cm³/mol. The van der Waals surface area contributed by atoms with Gasteiger partial charge in [-0.1, -0.05) is 60.7 Å². The van der Waals surface area contributed by atoms with Crippen LogP contribution >= 0.6 is 0 Å². The Morgan fingerprint density at radius 1 is 0.964 bits per heavy atom. The lowest BCUT2D eigenvalue weighted by Gasteiger charge is -2.45. The number of ether oxygens (including phenoxy) is 1. The molecule has 1 amide bonds. The van der Waals surface area contributed by atoms with E-state index < -0.39 is 0 Å². The molecule has 2 aromatic carbocycles. The Morgan fingerprint density at radius 3 is 2.11 bits per heavy atom. The van der Waals surface area contributed by atoms with Gasteiger partial charge in [0.1, 0.15) is 0 Å². The topological polar surface area (TPSA) is 32.8 Å². The van der Waals surface area contributed by atoms with Crippen molar-refractivity contribution in [2.24, 2.45) is 0 Å². The van der Waals surface area contributed by atoms with Crippen LogP contribution in [0.15, 0.2) is 60.7 Å². The van der Waals surface area contributed by atoms with Gasteiger partial charge in [-0.15, -0.1) is 0 Å². The Labute approximate surface area is 168 Å². The Morgan fingerprint density at radius 2 is 1.54 bits per heavy atom. The second kappa shape index (κ2) is 8.46. The molecule has 0 N–H and O–H groups in total. The predicted octanol–water partition coefficient (Wildman–Crippen LogP) is 3.32. The van der Waals surface area contributed by atoms with Gasteiger partial charge in [0.25, 0.3) is 0 Å². The van der Waals surface area contributed by atoms with E-state index in [-0.39, 0.29) is 11.3 Å². The summed E-state index contributed by atoms with van der Waals surface area (Å²) in [5.41, 5.74) is 2.47. The van der Waals surface area contributed by atoms with Gasteiger partial charge < -0.3 is 9.64 Å². The molecule has 0 saturated carbocycles. The Balaban J connectivity index is 1.61. The number of carbonyl (C=O) groups excluding carboxylic acids is 1. The summed E-state index contributed by atoms with van der Waals surface area (Å²) in [6.45, 7) is 7.23. The Kier molecular flexibility index (Phi) is 5.79. The van der Waals surface area contributed by atoms with Crippen LogP contribution in [0.5, 0.6) is 0 Å². The smallest absolute Gasteiger partial charge is 0.222 e. The molecule has 2 fully saturated rings. The molecule has 0 radical (unpaired) electrons. The number of morpholine rings is 1. The van der Waals surface area contributed by atoms with E-state index in [2.05, 4.69) is 77.4 Å². The number of nitrogens with zero attached hydrogens (tertiary/aromatic N) is 2. The maximum absolute atomic E-state index is 12.8. The monoisotopic (exact) mass is 378 g/mol. The fourth-order valence-corrected chi connectivity index (χ4v) is 4.74. The number of rotatable bonds is 5. The first-order valence-electron chi connectivity index (χ1n) is 10.4. The fraction of sp³-hybridized carbons (Fsp3) is 0.458. The highest BCUT2D eigenvalue weighted by Gasteiger charge is 2.42. The molecule has 2 aliphatic heterocycles. The Hall–Kier alpha value is -2.17. The van der Waals surface area contributed by atoms with Crippen molar-refractivity contribution < 1.29 is 9.53 Å². The zero-order valence-electron chi connectivity index (χ0n) is 16.7. The van der Waals surface area contributed by atoms with Crippen LogP contribution in [0, 0.1) is 0 Å². The molecular formula is C24H30N2O2. The van der Waals surface area contributed by atoms with Crippen LogP contribution in [0.25, 0.3) is 0 Å². The van der Waals surface area contributed by atoms with E-state index >= 15 is 0 Å². The number of amides is 1. The summed E-state index contributed by atoms with van der Waals surface area (Å²) in [5.74, 6) is 0.280. The molecule has 0 spiro atoms. The first kappa shape index (κ1) is 19.2. The normalized spacial score (nSPS) is 21.5. The Bertz CT molecular complexity index is 732. The van der Waals surface area contributed by atoms with Crippen LogP contribution in [0.2, 0.25) is 0 Å². The standard InChI is InChI=1S/C24H30N2O2/c1-20(25-14-16-28-17-15-25)18-26-19-24(13-12-23(26)27,21-8-4-2-5-9-21)22-10-6-3-7-11-22/h2-11,20H,12-19H2,1H3/t20-/m0/s1. The van der Waals surface area contributed by atoms with E-state index in [1.54, 1.807) is 0 Å². The van der Waals surface area contributed by atoms with Crippen LogP contribution in [-0.2, 0) is 14.9 Å². The summed E-state index contributed by atoms with van der Waals surface area (Å²) in [6, 6.07) is 21.8. The van der Waals surface area contributed by atoms with Crippen LogP contribution in [0.4, 0.5) is 0 Å². The zero-order chi connectivity index (χ0) is 19.4. The molecule has 4 heteroatoms. The molecule has 4 rings (SSSR count). The number of hydrogen-bond acceptors (Lipinski definition) is 3. The molecule has 0 unspecified atom stereocenters. The van der Waals surface area contributed by atoms with E-state index in [0.717, 1.165) is 45.8 Å². The van der Waals surface area contributed by atoms with Crippen molar-refractivity contribution in [1.29, 1.82) is 0 Å². The molecule has 2 aromatic rings. The molecule has 0 bridgehead atoms. The van der Waals surface area contributed by atoms with Crippen molar-refractivity contribution in [3.05, 3.63) is 71.8 Å². The highest BCUT2D eigenvalue weighted by molar-refractivity contribution is 5.78. The second-order valence-corrected chi connectivity index (χ2v) is 8.09. The molecular weight excluding hydrogens is 348 g/mol. The number of likely N-dealkylation sites (tertiary alicyclic amines) is 1. The lowest BCUT2D eigenvalue weighted by atomic mass is 9.69. The highest BCUT2D eigenvalue weighted by atomic mass is 16.5. The first-order chi connectivity index (χ1) is 13.7. The van der Waals surface area contributed by atoms with Gasteiger partial charge in [-0.2, -0.15) is 0 Å². The maximum atomic E-state index is 12.8. The second-order valence-electron chi connectivity index (χ2n) is 8.09. The minimum Gasteiger partial charge on any atom is -0.379 e. The lowest BCUT2D eigenvalue weighted by molar-refractivity contribution is -0.136. The van der Waals surface area contributed by atoms with Crippen molar-refractivity contribution in [2.75, 3.05) is 39.4 Å². The third-order valence-electron chi connectivity index (χ3n) is 6.39. The highest BCUT2D eigenvalue weighted by Crippen LogP contribution is 2.40. The van der Waals surface area contributed by atoms with E-state index in [4.69, 9.17) is 4.74 Å². The minimum atomic E-state index is -0.138. The number of hydrogen-bond donors (Lipinski definition) is 0. The van der Waals surface area contributed by atoms with E-state index in [9.17, 15) is 4.79 Å². The summed E-state index contributed by atoms with van der Waals surface area (Å²) >= 11 is 0. The van der Waals surface area contributed by atoms with Gasteiger partial charge >= 0.3 is 0 Å². The SMILES string of the molecule is C[C@@H](CN1CC(c2ccccc2)(c2ccccc2)CCC1=O)N1CCOCC1. The summed E-state index contributed by atoms with van der Waals surface area (Å²) in [5, 5.41) is 0. The lowest BCUT2D eigenvalue weighted by Crippen LogP contribution is -2.54. The third kappa shape index (κ3) is 3.85. The summed E-state index contributed by atoms with van der Waals surface area (Å²) in [4.78, 5) is 17.4. The van der Waals surface area contributed by atoms with Gasteiger partial charge in [-0.05, 0) is 24.5 Å². The summed E-state index contributed by atoms with van der Waals surface area (Å²) < 4.78 is 5.49. The third-order valence-corrected chi connectivity index (χ3v) is 6.39. The average molecular weight is 379 g/mol. The largest absolute Gasteiger partial charge is 0.379 e. The maximum Gasteiger partial charge on any atom is 0.222 e. The van der Waals surface area contributed by atoms with Gasteiger partial charge in [-0.25, -0.2) is 0 Å². The minimum absolute atomic E-state index is 0.138. The van der Waals surface area contributed by atoms with Crippen molar-refractivity contribution in [1.82, 2.24) is 9.80 Å². The van der Waals surface area contributed by atoms with E-state index in [1.807, 2.05) is 0 Å². The number of piperidine rings is 1. The molecule has 28 heavy (non-hydrogen) atoms. The van der Waals surface area contributed by atoms with Crippen LogP contribution in [0.1, 0.15) is 30.9 Å². The first-order valence-corrected chi connectivity index (χ1v) is 10.4. The van der Waals surface area contributed by atoms with Gasteiger partial charge in [-0.3, -0.25) is 9.69 Å². The van der Waals surface area contributed by atoms with Gasteiger partial charge in [0.15, 0.2) is 0 Å². The van der Waals surface area contributed by atoms with Crippen molar-refractivity contribution >= 4 is 5.91 Å². The van der Waals surface area contributed by atoms with Gasteiger partial charge in [0.2, 0.25) is 5.91 Å². The average Bonchev–Trinajstić information content (AvgIpc) is 2.77. The fourth-order valence-electron chi connectivity index (χ4n) is 4.74. The van der Waals surface area contributed by atoms with Crippen molar-refractivity contribution in [3.8, 4) is 0 Å².